The molecule has 20 heavy (non-hydrogen) atoms. The van der Waals surface area contributed by atoms with E-state index in [1.54, 1.807) is 6.92 Å². The molecule has 1 aliphatic rings. The van der Waals surface area contributed by atoms with Crippen molar-refractivity contribution in [3.63, 3.8) is 0 Å². The van der Waals surface area contributed by atoms with Crippen LogP contribution >= 0.6 is 0 Å². The molecule has 1 aliphatic heterocycles. The quantitative estimate of drug-likeness (QED) is 0.894. The van der Waals surface area contributed by atoms with Crippen molar-refractivity contribution in [2.75, 3.05) is 13.1 Å². The first-order chi connectivity index (χ1) is 9.42. The highest BCUT2D eigenvalue weighted by Crippen LogP contribution is 2.27. The molecule has 0 saturated carbocycles. The SMILES string of the molecule is CC(NC(=O)C1(C)CCCNC1)c1cc(F)ccc1F. The molecule has 1 aromatic carbocycles. The van der Waals surface area contributed by atoms with Crippen LogP contribution in [0.2, 0.25) is 0 Å². The van der Waals surface area contributed by atoms with E-state index in [9.17, 15) is 13.6 Å². The van der Waals surface area contributed by atoms with Gasteiger partial charge in [0.25, 0.3) is 0 Å². The third-order valence-electron chi connectivity index (χ3n) is 3.92. The number of nitrogens with one attached hydrogen (secondary N) is 2. The van der Waals surface area contributed by atoms with E-state index in [2.05, 4.69) is 10.6 Å². The Bertz CT molecular complexity index is 499. The van der Waals surface area contributed by atoms with Crippen LogP contribution in [0.4, 0.5) is 8.78 Å². The fraction of sp³-hybridized carbons (Fsp3) is 0.533. The molecule has 1 amide bonds. The fourth-order valence-corrected chi connectivity index (χ4v) is 2.55. The van der Waals surface area contributed by atoms with Gasteiger partial charge in [0, 0.05) is 12.1 Å². The van der Waals surface area contributed by atoms with Crippen LogP contribution in [0.5, 0.6) is 0 Å². The molecule has 110 valence electrons. The Morgan fingerprint density at radius 2 is 2.20 bits per heavy atom. The Balaban J connectivity index is 2.08. The van der Waals surface area contributed by atoms with Crippen LogP contribution in [0.15, 0.2) is 18.2 Å². The van der Waals surface area contributed by atoms with Crippen LogP contribution in [0.3, 0.4) is 0 Å². The zero-order valence-electron chi connectivity index (χ0n) is 11.8. The van der Waals surface area contributed by atoms with Gasteiger partial charge in [-0.25, -0.2) is 8.78 Å². The van der Waals surface area contributed by atoms with E-state index in [4.69, 9.17) is 0 Å². The van der Waals surface area contributed by atoms with Crippen molar-refractivity contribution < 1.29 is 13.6 Å². The summed E-state index contributed by atoms with van der Waals surface area (Å²) in [6, 6.07) is 2.72. The van der Waals surface area contributed by atoms with Crippen LogP contribution < -0.4 is 10.6 Å². The van der Waals surface area contributed by atoms with E-state index in [1.807, 2.05) is 6.92 Å². The van der Waals surface area contributed by atoms with Crippen molar-refractivity contribution >= 4 is 5.91 Å². The predicted molar refractivity (Wildman–Crippen MR) is 73.1 cm³/mol. The van der Waals surface area contributed by atoms with Crippen LogP contribution in [0, 0.1) is 17.0 Å². The maximum atomic E-state index is 13.7. The average Bonchev–Trinajstić information content (AvgIpc) is 2.42. The third-order valence-corrected chi connectivity index (χ3v) is 3.92. The number of carbonyl (C=O) groups is 1. The van der Waals surface area contributed by atoms with Crippen LogP contribution in [-0.4, -0.2) is 19.0 Å². The van der Waals surface area contributed by atoms with Gasteiger partial charge in [0.1, 0.15) is 11.6 Å². The summed E-state index contributed by atoms with van der Waals surface area (Å²) < 4.78 is 26.9. The molecule has 0 aromatic heterocycles. The van der Waals surface area contributed by atoms with Gasteiger partial charge in [0.15, 0.2) is 0 Å². The maximum absolute atomic E-state index is 13.7. The second-order valence-electron chi connectivity index (χ2n) is 5.70. The van der Waals surface area contributed by atoms with E-state index in [1.165, 1.54) is 0 Å². The zero-order valence-corrected chi connectivity index (χ0v) is 11.8. The van der Waals surface area contributed by atoms with Gasteiger partial charge in [-0.15, -0.1) is 0 Å². The summed E-state index contributed by atoms with van der Waals surface area (Å²) in [5.41, 5.74) is -0.318. The van der Waals surface area contributed by atoms with Gasteiger partial charge in [-0.05, 0) is 51.4 Å². The molecule has 0 bridgehead atoms. The van der Waals surface area contributed by atoms with Crippen LogP contribution in [-0.2, 0) is 4.79 Å². The van der Waals surface area contributed by atoms with Gasteiger partial charge >= 0.3 is 0 Å². The average molecular weight is 282 g/mol. The first-order valence-electron chi connectivity index (χ1n) is 6.89. The Kier molecular flexibility index (Phi) is 4.38. The van der Waals surface area contributed by atoms with Gasteiger partial charge in [0.05, 0.1) is 11.5 Å². The minimum atomic E-state index is -0.558. The van der Waals surface area contributed by atoms with Gasteiger partial charge in [-0.2, -0.15) is 0 Å². The van der Waals surface area contributed by atoms with Crippen molar-refractivity contribution in [1.29, 1.82) is 0 Å². The summed E-state index contributed by atoms with van der Waals surface area (Å²) in [6.07, 6.45) is 1.73. The van der Waals surface area contributed by atoms with Crippen molar-refractivity contribution in [2.45, 2.75) is 32.7 Å². The topological polar surface area (TPSA) is 41.1 Å². The molecule has 0 aliphatic carbocycles. The largest absolute Gasteiger partial charge is 0.349 e. The summed E-state index contributed by atoms with van der Waals surface area (Å²) >= 11 is 0. The molecule has 2 atom stereocenters. The minimum Gasteiger partial charge on any atom is -0.349 e. The monoisotopic (exact) mass is 282 g/mol. The molecule has 2 N–H and O–H groups in total. The highest BCUT2D eigenvalue weighted by Gasteiger charge is 2.35. The second-order valence-corrected chi connectivity index (χ2v) is 5.70. The lowest BCUT2D eigenvalue weighted by Crippen LogP contribution is -2.49. The Morgan fingerprint density at radius 1 is 1.45 bits per heavy atom. The van der Waals surface area contributed by atoms with Gasteiger partial charge < -0.3 is 10.6 Å². The molecule has 0 spiro atoms. The van der Waals surface area contributed by atoms with Crippen molar-refractivity contribution in [3.05, 3.63) is 35.4 Å². The van der Waals surface area contributed by atoms with Crippen molar-refractivity contribution in [3.8, 4) is 0 Å². The van der Waals surface area contributed by atoms with Crippen LogP contribution in [0.25, 0.3) is 0 Å². The molecule has 1 aromatic rings. The maximum Gasteiger partial charge on any atom is 0.227 e. The van der Waals surface area contributed by atoms with Crippen LogP contribution in [0.1, 0.15) is 38.3 Å². The lowest BCUT2D eigenvalue weighted by atomic mass is 9.81. The molecule has 1 heterocycles. The first kappa shape index (κ1) is 14.9. The van der Waals surface area contributed by atoms with E-state index in [0.717, 1.165) is 37.6 Å². The number of rotatable bonds is 3. The number of halogens is 2. The lowest BCUT2D eigenvalue weighted by molar-refractivity contribution is -0.131. The molecular weight excluding hydrogens is 262 g/mol. The summed E-state index contributed by atoms with van der Waals surface area (Å²) in [5, 5.41) is 5.98. The smallest absolute Gasteiger partial charge is 0.227 e. The van der Waals surface area contributed by atoms with Gasteiger partial charge in [-0.1, -0.05) is 0 Å². The zero-order chi connectivity index (χ0) is 14.8. The third kappa shape index (κ3) is 3.15. The number of amides is 1. The molecular formula is C15H20F2N2O. The second kappa shape index (κ2) is 5.87. The lowest BCUT2D eigenvalue weighted by Gasteiger charge is -2.33. The summed E-state index contributed by atoms with van der Waals surface area (Å²) in [5.74, 6) is -1.14. The van der Waals surface area contributed by atoms with E-state index in [-0.39, 0.29) is 11.5 Å². The van der Waals surface area contributed by atoms with Crippen molar-refractivity contribution in [2.24, 2.45) is 5.41 Å². The Morgan fingerprint density at radius 3 is 2.85 bits per heavy atom. The molecule has 1 fully saturated rings. The Labute approximate surface area is 117 Å². The number of piperidine rings is 1. The number of hydrogen-bond acceptors (Lipinski definition) is 2. The van der Waals surface area contributed by atoms with E-state index < -0.39 is 23.1 Å². The fourth-order valence-electron chi connectivity index (χ4n) is 2.55. The van der Waals surface area contributed by atoms with Crippen molar-refractivity contribution in [1.82, 2.24) is 10.6 Å². The Hall–Kier alpha value is -1.49. The standard InChI is InChI=1S/C15H20F2N2O/c1-10(12-8-11(16)4-5-13(12)17)19-14(20)15(2)6-3-7-18-9-15/h4-5,8,10,18H,3,6-7,9H2,1-2H3,(H,19,20). The molecule has 5 heteroatoms. The van der Waals surface area contributed by atoms with Gasteiger partial charge in [0.2, 0.25) is 5.91 Å². The molecule has 2 unspecified atom stereocenters. The highest BCUT2D eigenvalue weighted by molar-refractivity contribution is 5.83. The normalized spacial score (nSPS) is 24.2. The summed E-state index contributed by atoms with van der Waals surface area (Å²) in [4.78, 5) is 12.3. The van der Waals surface area contributed by atoms with E-state index in [0.29, 0.717) is 6.54 Å². The predicted octanol–water partition coefficient (Wildman–Crippen LogP) is 2.53. The first-order valence-corrected chi connectivity index (χ1v) is 6.89. The van der Waals surface area contributed by atoms with Gasteiger partial charge in [-0.3, -0.25) is 4.79 Å². The summed E-state index contributed by atoms with van der Waals surface area (Å²) in [7, 11) is 0. The minimum absolute atomic E-state index is 0.124. The molecule has 3 nitrogen and oxygen atoms in total. The molecule has 0 radical (unpaired) electrons. The number of carbonyl (C=O) groups excluding carboxylic acids is 1. The molecule has 1 saturated heterocycles. The number of benzene rings is 1. The number of hydrogen-bond donors (Lipinski definition) is 2. The van der Waals surface area contributed by atoms with E-state index >= 15 is 0 Å². The summed E-state index contributed by atoms with van der Waals surface area (Å²) in [6.45, 7) is 5.08. The molecule has 2 rings (SSSR count). The highest BCUT2D eigenvalue weighted by atomic mass is 19.1.